The van der Waals surface area contributed by atoms with Gasteiger partial charge in [0, 0.05) is 31.2 Å². The highest BCUT2D eigenvalue weighted by atomic mass is 19.1. The van der Waals surface area contributed by atoms with Gasteiger partial charge in [0.1, 0.15) is 5.82 Å². The van der Waals surface area contributed by atoms with E-state index in [0.717, 1.165) is 30.6 Å². The summed E-state index contributed by atoms with van der Waals surface area (Å²) in [5.41, 5.74) is 2.30. The number of halogens is 1. The Balaban J connectivity index is 1.66. The van der Waals surface area contributed by atoms with Gasteiger partial charge in [0.05, 0.1) is 11.6 Å². The van der Waals surface area contributed by atoms with Gasteiger partial charge < -0.3 is 10.2 Å². The minimum absolute atomic E-state index is 0.0735. The van der Waals surface area contributed by atoms with Gasteiger partial charge in [0.25, 0.3) is 5.91 Å². The molecule has 1 saturated carbocycles. The predicted octanol–water partition coefficient (Wildman–Crippen LogP) is 3.44. The first-order chi connectivity index (χ1) is 12.8. The molecule has 1 aliphatic carbocycles. The zero-order valence-electron chi connectivity index (χ0n) is 16.2. The normalized spacial score (nSPS) is 20.7. The molecule has 27 heavy (non-hydrogen) atoms. The van der Waals surface area contributed by atoms with Crippen LogP contribution in [0.2, 0.25) is 0 Å². The first-order valence-corrected chi connectivity index (χ1v) is 9.72. The lowest BCUT2D eigenvalue weighted by Gasteiger charge is -2.36. The molecule has 1 unspecified atom stereocenters. The first-order valence-electron chi connectivity index (χ1n) is 9.72. The van der Waals surface area contributed by atoms with Crippen LogP contribution >= 0.6 is 0 Å². The van der Waals surface area contributed by atoms with Gasteiger partial charge in [0.15, 0.2) is 5.69 Å². The fraction of sp³-hybridized carbons (Fsp3) is 0.524. The number of nitrogens with one attached hydrogen (secondary N) is 1. The number of amides is 1. The number of piperazine rings is 1. The van der Waals surface area contributed by atoms with Crippen LogP contribution in [-0.4, -0.2) is 40.2 Å². The highest BCUT2D eigenvalue weighted by Gasteiger charge is 2.35. The summed E-state index contributed by atoms with van der Waals surface area (Å²) in [6.07, 6.45) is 2.32. The Morgan fingerprint density at radius 3 is 2.70 bits per heavy atom. The highest BCUT2D eigenvalue weighted by molar-refractivity contribution is 5.93. The SMILES string of the molecule is CC(C)(C)n1nc(C(=O)N2CCNCC2c2cccc(F)c2)cc1C1CC1. The molecule has 2 aromatic rings. The van der Waals surface area contributed by atoms with Crippen molar-refractivity contribution in [3.8, 4) is 0 Å². The average molecular weight is 370 g/mol. The third-order valence-electron chi connectivity index (χ3n) is 5.32. The summed E-state index contributed by atoms with van der Waals surface area (Å²) >= 11 is 0. The van der Waals surface area contributed by atoms with Gasteiger partial charge in [-0.3, -0.25) is 9.48 Å². The molecule has 4 rings (SSSR count). The van der Waals surface area contributed by atoms with E-state index in [1.54, 1.807) is 6.07 Å². The summed E-state index contributed by atoms with van der Waals surface area (Å²) in [7, 11) is 0. The third-order valence-corrected chi connectivity index (χ3v) is 5.32. The monoisotopic (exact) mass is 370 g/mol. The van der Waals surface area contributed by atoms with Gasteiger partial charge in [-0.1, -0.05) is 12.1 Å². The van der Waals surface area contributed by atoms with Crippen LogP contribution in [0.4, 0.5) is 4.39 Å². The Bertz CT molecular complexity index is 850. The van der Waals surface area contributed by atoms with Crippen molar-refractivity contribution < 1.29 is 9.18 Å². The molecule has 144 valence electrons. The van der Waals surface area contributed by atoms with E-state index in [9.17, 15) is 9.18 Å². The van der Waals surface area contributed by atoms with E-state index in [0.29, 0.717) is 24.7 Å². The number of aromatic nitrogens is 2. The van der Waals surface area contributed by atoms with E-state index in [2.05, 4.69) is 26.1 Å². The summed E-state index contributed by atoms with van der Waals surface area (Å²) in [5.74, 6) is 0.162. The minimum atomic E-state index is -0.279. The molecule has 1 N–H and O–H groups in total. The molecule has 2 heterocycles. The van der Waals surface area contributed by atoms with Gasteiger partial charge in [-0.25, -0.2) is 4.39 Å². The van der Waals surface area contributed by atoms with E-state index >= 15 is 0 Å². The van der Waals surface area contributed by atoms with E-state index in [1.807, 2.05) is 21.7 Å². The maximum atomic E-state index is 13.7. The number of hydrogen-bond acceptors (Lipinski definition) is 3. The van der Waals surface area contributed by atoms with Crippen LogP contribution in [-0.2, 0) is 5.54 Å². The van der Waals surface area contributed by atoms with E-state index in [4.69, 9.17) is 5.10 Å². The second-order valence-corrected chi connectivity index (χ2v) is 8.58. The van der Waals surface area contributed by atoms with Crippen molar-refractivity contribution in [3.05, 3.63) is 53.1 Å². The number of carbonyl (C=O) groups is 1. The fourth-order valence-electron chi connectivity index (χ4n) is 3.81. The first kappa shape index (κ1) is 18.2. The van der Waals surface area contributed by atoms with Crippen LogP contribution < -0.4 is 5.32 Å². The largest absolute Gasteiger partial charge is 0.328 e. The summed E-state index contributed by atoms with van der Waals surface area (Å²) in [4.78, 5) is 15.2. The molecule has 0 radical (unpaired) electrons. The molecule has 1 amide bonds. The second kappa shape index (κ2) is 6.75. The van der Waals surface area contributed by atoms with Crippen LogP contribution in [0.1, 0.15) is 67.3 Å². The molecule has 6 heteroatoms. The van der Waals surface area contributed by atoms with E-state index in [-0.39, 0.29) is 23.3 Å². The van der Waals surface area contributed by atoms with Gasteiger partial charge in [-0.05, 0) is 57.4 Å². The maximum Gasteiger partial charge on any atom is 0.274 e. The quantitative estimate of drug-likeness (QED) is 0.900. The number of nitrogens with zero attached hydrogens (tertiary/aromatic N) is 3. The van der Waals surface area contributed by atoms with E-state index in [1.165, 1.54) is 12.1 Å². The van der Waals surface area contributed by atoms with Crippen LogP contribution in [0.25, 0.3) is 0 Å². The molecular weight excluding hydrogens is 343 g/mol. The molecule has 1 aromatic heterocycles. The standard InChI is InChI=1S/C21H27FN4O/c1-21(2,3)26-18(14-7-8-14)12-17(24-26)20(27)25-10-9-23-13-19(25)15-5-4-6-16(22)11-15/h4-6,11-12,14,19,23H,7-10,13H2,1-3H3. The zero-order chi connectivity index (χ0) is 19.2. The van der Waals surface area contributed by atoms with E-state index < -0.39 is 0 Å². The Morgan fingerprint density at radius 2 is 2.04 bits per heavy atom. The highest BCUT2D eigenvalue weighted by Crippen LogP contribution is 2.42. The fourth-order valence-corrected chi connectivity index (χ4v) is 3.81. The van der Waals surface area contributed by atoms with Crippen molar-refractivity contribution in [1.29, 1.82) is 0 Å². The molecule has 1 atom stereocenters. The summed E-state index contributed by atoms with van der Waals surface area (Å²) in [5, 5.41) is 8.01. The van der Waals surface area contributed by atoms with Gasteiger partial charge >= 0.3 is 0 Å². The lowest BCUT2D eigenvalue weighted by Crippen LogP contribution is -2.48. The average Bonchev–Trinajstić information content (AvgIpc) is 3.38. The van der Waals surface area contributed by atoms with Gasteiger partial charge in [0.2, 0.25) is 0 Å². The Kier molecular flexibility index (Phi) is 4.54. The van der Waals surface area contributed by atoms with Crippen molar-refractivity contribution in [2.24, 2.45) is 0 Å². The molecule has 1 aliphatic heterocycles. The van der Waals surface area contributed by atoms with Crippen LogP contribution in [0, 0.1) is 5.82 Å². The summed E-state index contributed by atoms with van der Waals surface area (Å²) in [6.45, 7) is 8.26. The lowest BCUT2D eigenvalue weighted by molar-refractivity contribution is 0.0626. The molecule has 0 bridgehead atoms. The van der Waals surface area contributed by atoms with Crippen LogP contribution in [0.15, 0.2) is 30.3 Å². The predicted molar refractivity (Wildman–Crippen MR) is 102 cm³/mol. The van der Waals surface area contributed by atoms with Crippen molar-refractivity contribution in [2.45, 2.75) is 51.1 Å². The third kappa shape index (κ3) is 3.63. The number of carbonyl (C=O) groups excluding carboxylic acids is 1. The molecule has 5 nitrogen and oxygen atoms in total. The van der Waals surface area contributed by atoms with Crippen molar-refractivity contribution in [1.82, 2.24) is 20.0 Å². The molecule has 0 spiro atoms. The molecule has 2 aliphatic rings. The number of benzene rings is 1. The second-order valence-electron chi connectivity index (χ2n) is 8.58. The van der Waals surface area contributed by atoms with Crippen molar-refractivity contribution >= 4 is 5.91 Å². The zero-order valence-corrected chi connectivity index (χ0v) is 16.2. The molecular formula is C21H27FN4O. The van der Waals surface area contributed by atoms with Gasteiger partial charge in [-0.15, -0.1) is 0 Å². The maximum absolute atomic E-state index is 13.7. The van der Waals surface area contributed by atoms with Crippen molar-refractivity contribution in [3.63, 3.8) is 0 Å². The summed E-state index contributed by atoms with van der Waals surface area (Å²) < 4.78 is 15.7. The topological polar surface area (TPSA) is 50.2 Å². The Labute approximate surface area is 159 Å². The van der Waals surface area contributed by atoms with Crippen molar-refractivity contribution in [2.75, 3.05) is 19.6 Å². The number of rotatable bonds is 3. The van der Waals surface area contributed by atoms with Gasteiger partial charge in [-0.2, -0.15) is 5.10 Å². The smallest absolute Gasteiger partial charge is 0.274 e. The van der Waals surface area contributed by atoms with Crippen LogP contribution in [0.3, 0.4) is 0 Å². The molecule has 2 fully saturated rings. The Morgan fingerprint density at radius 1 is 1.26 bits per heavy atom. The van der Waals surface area contributed by atoms with Crippen LogP contribution in [0.5, 0.6) is 0 Å². The molecule has 1 aromatic carbocycles. The lowest BCUT2D eigenvalue weighted by atomic mass is 10.0. The minimum Gasteiger partial charge on any atom is -0.328 e. The number of hydrogen-bond donors (Lipinski definition) is 1. The Hall–Kier alpha value is -2.21. The molecule has 1 saturated heterocycles. The summed E-state index contributed by atoms with van der Waals surface area (Å²) in [6, 6.07) is 8.30.